The zero-order valence-corrected chi connectivity index (χ0v) is 19.0. The summed E-state index contributed by atoms with van der Waals surface area (Å²) in [5.74, 6) is 0.815. The van der Waals surface area contributed by atoms with Crippen LogP contribution in [0.3, 0.4) is 0 Å². The predicted molar refractivity (Wildman–Crippen MR) is 141 cm³/mol. The van der Waals surface area contributed by atoms with E-state index in [1.165, 1.54) is 21.9 Å². The molecule has 0 saturated carbocycles. The Labute approximate surface area is 197 Å². The van der Waals surface area contributed by atoms with Gasteiger partial charge in [-0.25, -0.2) is 4.98 Å². The van der Waals surface area contributed by atoms with Gasteiger partial charge in [-0.1, -0.05) is 90.0 Å². The number of rotatable bonds is 3. The second kappa shape index (κ2) is 7.84. The molecule has 4 nitrogen and oxygen atoms in total. The van der Waals surface area contributed by atoms with Gasteiger partial charge in [0.1, 0.15) is 5.82 Å². The monoisotopic (exact) mass is 442 g/mol. The number of aryl methyl sites for hydroxylation is 2. The maximum absolute atomic E-state index is 9.55. The highest BCUT2D eigenvalue weighted by molar-refractivity contribution is 6.58. The Balaban J connectivity index is 1.80. The van der Waals surface area contributed by atoms with Crippen molar-refractivity contribution in [3.8, 4) is 17.1 Å². The summed E-state index contributed by atoms with van der Waals surface area (Å²) in [6, 6.07) is 30.7. The van der Waals surface area contributed by atoms with E-state index in [4.69, 9.17) is 4.98 Å². The van der Waals surface area contributed by atoms with Crippen LogP contribution >= 0.6 is 0 Å². The molecule has 6 aromatic rings. The quantitative estimate of drug-likeness (QED) is 0.289. The SMILES string of the molecule is Cc1ccc2c(c1)c1cc(C)ccc1c1c2nc(-c2ccc(B(O)O)cc2)n1-c1ccccc1. The maximum Gasteiger partial charge on any atom is 0.488 e. The van der Waals surface area contributed by atoms with E-state index < -0.39 is 7.12 Å². The second-order valence-corrected chi connectivity index (χ2v) is 8.90. The second-order valence-electron chi connectivity index (χ2n) is 8.90. The van der Waals surface area contributed by atoms with Crippen molar-refractivity contribution in [3.63, 3.8) is 0 Å². The lowest BCUT2D eigenvalue weighted by molar-refractivity contribution is 0.426. The molecule has 5 heteroatoms. The third-order valence-electron chi connectivity index (χ3n) is 6.51. The first-order valence-electron chi connectivity index (χ1n) is 11.4. The molecule has 0 radical (unpaired) electrons. The number of para-hydroxylation sites is 1. The molecule has 0 unspecified atom stereocenters. The van der Waals surface area contributed by atoms with E-state index >= 15 is 0 Å². The largest absolute Gasteiger partial charge is 0.488 e. The molecule has 34 heavy (non-hydrogen) atoms. The minimum absolute atomic E-state index is 0.452. The van der Waals surface area contributed by atoms with Gasteiger partial charge in [0.2, 0.25) is 0 Å². The van der Waals surface area contributed by atoms with E-state index in [2.05, 4.69) is 66.9 Å². The zero-order chi connectivity index (χ0) is 23.4. The smallest absolute Gasteiger partial charge is 0.423 e. The fourth-order valence-electron chi connectivity index (χ4n) is 4.86. The first-order valence-corrected chi connectivity index (χ1v) is 11.4. The summed E-state index contributed by atoms with van der Waals surface area (Å²) in [6.45, 7) is 4.25. The normalized spacial score (nSPS) is 11.5. The molecular formula is C29H23BN2O2. The highest BCUT2D eigenvalue weighted by Gasteiger charge is 2.21. The van der Waals surface area contributed by atoms with E-state index in [-0.39, 0.29) is 0 Å². The lowest BCUT2D eigenvalue weighted by Gasteiger charge is -2.13. The molecule has 0 spiro atoms. The average Bonchev–Trinajstić information content (AvgIpc) is 3.25. The first-order chi connectivity index (χ1) is 16.5. The van der Waals surface area contributed by atoms with Gasteiger partial charge in [0.05, 0.1) is 11.0 Å². The summed E-state index contributed by atoms with van der Waals surface area (Å²) in [7, 11) is -1.50. The molecule has 2 N–H and O–H groups in total. The number of nitrogens with zero attached hydrogens (tertiary/aromatic N) is 2. The number of aromatic nitrogens is 2. The molecule has 0 aliphatic carbocycles. The molecule has 1 aromatic heterocycles. The number of benzene rings is 5. The Morgan fingerprint density at radius 1 is 0.676 bits per heavy atom. The van der Waals surface area contributed by atoms with Crippen molar-refractivity contribution >= 4 is 45.2 Å². The maximum atomic E-state index is 9.55. The van der Waals surface area contributed by atoms with Crippen LogP contribution in [0, 0.1) is 13.8 Å². The summed E-state index contributed by atoms with van der Waals surface area (Å²) < 4.78 is 2.22. The topological polar surface area (TPSA) is 58.3 Å². The minimum Gasteiger partial charge on any atom is -0.423 e. The van der Waals surface area contributed by atoms with Gasteiger partial charge in [-0.3, -0.25) is 4.57 Å². The van der Waals surface area contributed by atoms with Gasteiger partial charge in [-0.15, -0.1) is 0 Å². The molecule has 0 amide bonds. The Kier molecular flexibility index (Phi) is 4.76. The fraction of sp³-hybridized carbons (Fsp3) is 0.0690. The van der Waals surface area contributed by atoms with Crippen LogP contribution in [-0.4, -0.2) is 26.7 Å². The van der Waals surface area contributed by atoms with E-state index in [0.717, 1.165) is 38.9 Å². The minimum atomic E-state index is -1.50. The van der Waals surface area contributed by atoms with Gasteiger partial charge in [-0.2, -0.15) is 0 Å². The van der Waals surface area contributed by atoms with Crippen LogP contribution in [0.4, 0.5) is 0 Å². The van der Waals surface area contributed by atoms with Crippen LogP contribution in [0.2, 0.25) is 0 Å². The van der Waals surface area contributed by atoms with Gasteiger partial charge >= 0.3 is 7.12 Å². The molecule has 0 aliphatic heterocycles. The van der Waals surface area contributed by atoms with E-state index in [0.29, 0.717) is 5.46 Å². The third-order valence-corrected chi connectivity index (χ3v) is 6.51. The van der Waals surface area contributed by atoms with E-state index in [1.807, 2.05) is 30.3 Å². The fourth-order valence-corrected chi connectivity index (χ4v) is 4.86. The Hall–Kier alpha value is -3.93. The Morgan fingerprint density at radius 2 is 1.29 bits per heavy atom. The Morgan fingerprint density at radius 3 is 1.94 bits per heavy atom. The molecular weight excluding hydrogens is 419 g/mol. The highest BCUT2D eigenvalue weighted by atomic mass is 16.4. The first kappa shape index (κ1) is 20.7. The van der Waals surface area contributed by atoms with Crippen molar-refractivity contribution in [1.82, 2.24) is 9.55 Å². The summed E-state index contributed by atoms with van der Waals surface area (Å²) in [5, 5.41) is 23.8. The van der Waals surface area contributed by atoms with Crippen molar-refractivity contribution in [1.29, 1.82) is 0 Å². The lowest BCUT2D eigenvalue weighted by Crippen LogP contribution is -2.29. The molecule has 0 atom stereocenters. The highest BCUT2D eigenvalue weighted by Crippen LogP contribution is 2.39. The summed E-state index contributed by atoms with van der Waals surface area (Å²) in [5.41, 5.74) is 6.85. The van der Waals surface area contributed by atoms with Gasteiger partial charge in [0.25, 0.3) is 0 Å². The molecule has 6 rings (SSSR count). The number of hydrogen-bond acceptors (Lipinski definition) is 3. The van der Waals surface area contributed by atoms with Crippen LogP contribution in [0.1, 0.15) is 11.1 Å². The number of fused-ring (bicyclic) bond motifs is 6. The molecule has 0 aliphatic rings. The molecule has 164 valence electrons. The summed E-state index contributed by atoms with van der Waals surface area (Å²) >= 11 is 0. The standard InChI is InChI=1S/C29H23BN2O2/c1-18-8-14-23-25(16-18)26-17-19(2)9-15-24(26)28-27(23)31-29(32(28)22-6-4-3-5-7-22)20-10-12-21(13-11-20)30(33)34/h3-17,33-34H,1-2H3. The van der Waals surface area contributed by atoms with Crippen LogP contribution in [0.25, 0.3) is 49.7 Å². The van der Waals surface area contributed by atoms with Crippen LogP contribution in [0.15, 0.2) is 91.0 Å². The van der Waals surface area contributed by atoms with E-state index in [1.54, 1.807) is 12.1 Å². The lowest BCUT2D eigenvalue weighted by atomic mass is 9.80. The zero-order valence-electron chi connectivity index (χ0n) is 19.0. The van der Waals surface area contributed by atoms with Crippen LogP contribution in [-0.2, 0) is 0 Å². The Bertz CT molecular complexity index is 1690. The van der Waals surface area contributed by atoms with Gasteiger partial charge in [0.15, 0.2) is 0 Å². The number of hydrogen-bond donors (Lipinski definition) is 2. The summed E-state index contributed by atoms with van der Waals surface area (Å²) in [4.78, 5) is 5.20. The van der Waals surface area contributed by atoms with Gasteiger partial charge in [-0.05, 0) is 42.2 Å². The van der Waals surface area contributed by atoms with Gasteiger partial charge < -0.3 is 10.0 Å². The third kappa shape index (κ3) is 3.21. The number of imidazole rings is 1. The van der Waals surface area contributed by atoms with E-state index in [9.17, 15) is 10.0 Å². The molecule has 0 bridgehead atoms. The van der Waals surface area contributed by atoms with Gasteiger partial charge in [0, 0.05) is 22.0 Å². The van der Waals surface area contributed by atoms with Crippen molar-refractivity contribution in [2.24, 2.45) is 0 Å². The van der Waals surface area contributed by atoms with Crippen molar-refractivity contribution in [2.45, 2.75) is 13.8 Å². The molecule has 0 saturated heterocycles. The molecule has 0 fully saturated rings. The molecule has 1 heterocycles. The molecule has 5 aromatic carbocycles. The van der Waals surface area contributed by atoms with Crippen molar-refractivity contribution < 1.29 is 10.0 Å². The van der Waals surface area contributed by atoms with Crippen molar-refractivity contribution in [2.75, 3.05) is 0 Å². The van der Waals surface area contributed by atoms with Crippen LogP contribution < -0.4 is 5.46 Å². The van der Waals surface area contributed by atoms with Crippen LogP contribution in [0.5, 0.6) is 0 Å². The average molecular weight is 442 g/mol. The predicted octanol–water partition coefficient (Wildman–Crippen LogP) is 5.30. The summed E-state index contributed by atoms with van der Waals surface area (Å²) in [6.07, 6.45) is 0. The van der Waals surface area contributed by atoms with Crippen molar-refractivity contribution in [3.05, 3.63) is 102 Å².